The van der Waals surface area contributed by atoms with Crippen molar-refractivity contribution < 1.29 is 4.79 Å². The minimum absolute atomic E-state index is 0.207. The Morgan fingerprint density at radius 2 is 1.93 bits per heavy atom. The summed E-state index contributed by atoms with van der Waals surface area (Å²) in [7, 11) is 0. The molecule has 0 aromatic carbocycles. The zero-order valence-corrected chi connectivity index (χ0v) is 8.91. The highest BCUT2D eigenvalue weighted by molar-refractivity contribution is 5.74. The van der Waals surface area contributed by atoms with Crippen molar-refractivity contribution in [2.75, 3.05) is 0 Å². The molecule has 0 atom stereocenters. The second-order valence-corrected chi connectivity index (χ2v) is 4.64. The summed E-state index contributed by atoms with van der Waals surface area (Å²) in [5.41, 5.74) is 4.86. The second kappa shape index (κ2) is 3.73. The van der Waals surface area contributed by atoms with Crippen molar-refractivity contribution in [3.63, 3.8) is 0 Å². The largest absolute Gasteiger partial charge is 0.351 e. The number of urea groups is 1. The quantitative estimate of drug-likeness (QED) is 0.749. The van der Waals surface area contributed by atoms with Gasteiger partial charge in [-0.2, -0.15) is 5.26 Å². The van der Waals surface area contributed by atoms with Gasteiger partial charge in [0.15, 0.2) is 0 Å². The van der Waals surface area contributed by atoms with E-state index in [1.165, 1.54) is 6.42 Å². The Hall–Kier alpha value is -1.24. The first-order valence-electron chi connectivity index (χ1n) is 5.70. The van der Waals surface area contributed by atoms with Crippen LogP contribution in [0.15, 0.2) is 0 Å². The molecule has 0 radical (unpaired) electrons. The zero-order valence-electron chi connectivity index (χ0n) is 8.91. The maximum Gasteiger partial charge on any atom is 0.316 e. The molecule has 0 bridgehead atoms. The molecule has 0 heterocycles. The first kappa shape index (κ1) is 10.3. The van der Waals surface area contributed by atoms with Crippen LogP contribution in [0.4, 0.5) is 4.79 Å². The molecule has 0 aliphatic heterocycles. The molecule has 2 N–H and O–H groups in total. The number of nitrogens with two attached hydrogens (primary N) is 1. The van der Waals surface area contributed by atoms with E-state index in [0.29, 0.717) is 0 Å². The average molecular weight is 207 g/mol. The maximum absolute atomic E-state index is 11.4. The number of carbonyl (C=O) groups excluding carboxylic acids is 1. The Kier molecular flexibility index (Phi) is 2.56. The molecular formula is C11H17N3O. The summed E-state index contributed by atoms with van der Waals surface area (Å²) in [4.78, 5) is 13.1. The molecule has 2 aliphatic carbocycles. The van der Waals surface area contributed by atoms with Gasteiger partial charge in [0, 0.05) is 6.04 Å². The van der Waals surface area contributed by atoms with Crippen molar-refractivity contribution in [2.24, 2.45) is 5.73 Å². The standard InChI is InChI=1S/C11H17N3O/c12-8-11(6-7-11)14(10(13)15)9-4-2-1-3-5-9/h9H,1-7H2,(H2,13,15). The first-order valence-corrected chi connectivity index (χ1v) is 5.70. The Morgan fingerprint density at radius 1 is 1.33 bits per heavy atom. The molecule has 2 amide bonds. The van der Waals surface area contributed by atoms with Crippen molar-refractivity contribution >= 4 is 6.03 Å². The number of nitriles is 1. The van der Waals surface area contributed by atoms with E-state index in [9.17, 15) is 4.79 Å². The van der Waals surface area contributed by atoms with Gasteiger partial charge in [0.25, 0.3) is 0 Å². The van der Waals surface area contributed by atoms with Crippen molar-refractivity contribution in [3.8, 4) is 6.07 Å². The van der Waals surface area contributed by atoms with Gasteiger partial charge < -0.3 is 10.6 Å². The van der Waals surface area contributed by atoms with Crippen LogP contribution in [0.5, 0.6) is 0 Å². The summed E-state index contributed by atoms with van der Waals surface area (Å²) >= 11 is 0. The topological polar surface area (TPSA) is 70.1 Å². The number of rotatable bonds is 2. The summed E-state index contributed by atoms with van der Waals surface area (Å²) in [5, 5.41) is 9.11. The first-order chi connectivity index (χ1) is 7.19. The Bertz CT molecular complexity index is 297. The summed E-state index contributed by atoms with van der Waals surface area (Å²) in [5.74, 6) is 0. The molecule has 0 saturated heterocycles. The molecule has 2 fully saturated rings. The lowest BCUT2D eigenvalue weighted by Crippen LogP contribution is -2.51. The molecule has 0 spiro atoms. The van der Waals surface area contributed by atoms with E-state index in [2.05, 4.69) is 6.07 Å². The normalized spacial score (nSPS) is 24.2. The predicted molar refractivity (Wildman–Crippen MR) is 55.9 cm³/mol. The number of amides is 2. The minimum atomic E-state index is -0.548. The highest BCUT2D eigenvalue weighted by Gasteiger charge is 2.52. The highest BCUT2D eigenvalue weighted by Crippen LogP contribution is 2.44. The van der Waals surface area contributed by atoms with Crippen LogP contribution in [0.3, 0.4) is 0 Å². The van der Waals surface area contributed by atoms with Gasteiger partial charge in [0.05, 0.1) is 6.07 Å². The van der Waals surface area contributed by atoms with Crippen molar-refractivity contribution in [3.05, 3.63) is 0 Å². The van der Waals surface area contributed by atoms with Crippen LogP contribution in [0.25, 0.3) is 0 Å². The van der Waals surface area contributed by atoms with E-state index >= 15 is 0 Å². The number of primary amides is 1. The van der Waals surface area contributed by atoms with E-state index in [0.717, 1.165) is 38.5 Å². The van der Waals surface area contributed by atoms with E-state index in [1.807, 2.05) is 0 Å². The molecule has 4 heteroatoms. The van der Waals surface area contributed by atoms with E-state index < -0.39 is 11.6 Å². The highest BCUT2D eigenvalue weighted by atomic mass is 16.2. The molecule has 0 unspecified atom stereocenters. The van der Waals surface area contributed by atoms with Gasteiger partial charge >= 0.3 is 6.03 Å². The van der Waals surface area contributed by atoms with E-state index in [4.69, 9.17) is 11.0 Å². The lowest BCUT2D eigenvalue weighted by atomic mass is 9.93. The van der Waals surface area contributed by atoms with Crippen molar-refractivity contribution in [2.45, 2.75) is 56.5 Å². The van der Waals surface area contributed by atoms with Gasteiger partial charge in [0.1, 0.15) is 5.54 Å². The van der Waals surface area contributed by atoms with Crippen LogP contribution >= 0.6 is 0 Å². The molecule has 15 heavy (non-hydrogen) atoms. The van der Waals surface area contributed by atoms with Gasteiger partial charge in [-0.3, -0.25) is 0 Å². The smallest absolute Gasteiger partial charge is 0.316 e. The number of hydrogen-bond acceptors (Lipinski definition) is 2. The fraction of sp³-hybridized carbons (Fsp3) is 0.818. The van der Waals surface area contributed by atoms with E-state index in [-0.39, 0.29) is 6.04 Å². The molecular weight excluding hydrogens is 190 g/mol. The molecule has 82 valence electrons. The zero-order chi connectivity index (χ0) is 10.9. The monoisotopic (exact) mass is 207 g/mol. The van der Waals surface area contributed by atoms with Crippen LogP contribution in [0.1, 0.15) is 44.9 Å². The summed E-state index contributed by atoms with van der Waals surface area (Å²) < 4.78 is 0. The van der Waals surface area contributed by atoms with Crippen LogP contribution in [-0.2, 0) is 0 Å². The van der Waals surface area contributed by atoms with Gasteiger partial charge in [-0.1, -0.05) is 19.3 Å². The predicted octanol–water partition coefficient (Wildman–Crippen LogP) is 1.76. The average Bonchev–Trinajstić information content (AvgIpc) is 3.00. The fourth-order valence-corrected chi connectivity index (χ4v) is 2.60. The Morgan fingerprint density at radius 3 is 2.33 bits per heavy atom. The molecule has 2 aliphatic rings. The third kappa shape index (κ3) is 1.79. The second-order valence-electron chi connectivity index (χ2n) is 4.64. The third-order valence-corrected chi connectivity index (χ3v) is 3.57. The molecule has 0 aromatic rings. The minimum Gasteiger partial charge on any atom is -0.351 e. The molecule has 2 rings (SSSR count). The van der Waals surface area contributed by atoms with Crippen LogP contribution in [0.2, 0.25) is 0 Å². The summed E-state index contributed by atoms with van der Waals surface area (Å²) in [6.07, 6.45) is 7.14. The lowest BCUT2D eigenvalue weighted by Gasteiger charge is -2.36. The van der Waals surface area contributed by atoms with Crippen molar-refractivity contribution in [1.29, 1.82) is 5.26 Å². The van der Waals surface area contributed by atoms with Gasteiger partial charge in [-0.15, -0.1) is 0 Å². The lowest BCUT2D eigenvalue weighted by molar-refractivity contribution is 0.139. The van der Waals surface area contributed by atoms with Crippen LogP contribution in [0, 0.1) is 11.3 Å². The SMILES string of the molecule is N#CC1(N(C(N)=O)C2CCCCC2)CC1. The van der Waals surface area contributed by atoms with Crippen LogP contribution in [-0.4, -0.2) is 22.5 Å². The number of hydrogen-bond donors (Lipinski definition) is 1. The number of nitrogens with zero attached hydrogens (tertiary/aromatic N) is 2. The molecule has 4 nitrogen and oxygen atoms in total. The molecule has 2 saturated carbocycles. The van der Waals surface area contributed by atoms with Gasteiger partial charge in [0.2, 0.25) is 0 Å². The summed E-state index contributed by atoms with van der Waals surface area (Å²) in [6, 6.07) is 2.05. The maximum atomic E-state index is 11.4. The third-order valence-electron chi connectivity index (χ3n) is 3.57. The Labute approximate surface area is 90.0 Å². The van der Waals surface area contributed by atoms with E-state index in [1.54, 1.807) is 4.90 Å². The number of carbonyl (C=O) groups is 1. The van der Waals surface area contributed by atoms with Gasteiger partial charge in [-0.05, 0) is 25.7 Å². The fourth-order valence-electron chi connectivity index (χ4n) is 2.60. The Balaban J connectivity index is 2.13. The van der Waals surface area contributed by atoms with Crippen LogP contribution < -0.4 is 5.73 Å². The summed E-state index contributed by atoms with van der Waals surface area (Å²) in [6.45, 7) is 0. The van der Waals surface area contributed by atoms with Gasteiger partial charge in [-0.25, -0.2) is 4.79 Å². The van der Waals surface area contributed by atoms with Crippen molar-refractivity contribution in [1.82, 2.24) is 4.90 Å². The molecule has 0 aromatic heterocycles.